The van der Waals surface area contributed by atoms with Crippen LogP contribution in [0.25, 0.3) is 0 Å². The Morgan fingerprint density at radius 1 is 1.02 bits per heavy atom. The number of hydrogen-bond acceptors (Lipinski definition) is 5. The number of aryl methyl sites for hydroxylation is 3. The van der Waals surface area contributed by atoms with Crippen LogP contribution in [0.4, 0.5) is 11.4 Å². The van der Waals surface area contributed by atoms with E-state index in [2.05, 4.69) is 56.3 Å². The highest BCUT2D eigenvalue weighted by Crippen LogP contribution is 2.30. The zero-order chi connectivity index (χ0) is 28.6. The first-order valence-electron chi connectivity index (χ1n) is 14.5. The third-order valence-corrected chi connectivity index (χ3v) is 7.96. The van der Waals surface area contributed by atoms with Gasteiger partial charge in [0.05, 0.1) is 6.26 Å². The van der Waals surface area contributed by atoms with Crippen LogP contribution in [0.5, 0.6) is 0 Å². The van der Waals surface area contributed by atoms with Crippen molar-refractivity contribution in [3.8, 4) is 0 Å². The van der Waals surface area contributed by atoms with Crippen LogP contribution in [0.3, 0.4) is 0 Å². The molecule has 1 unspecified atom stereocenters. The number of anilines is 2. The molecular formula is C33H39N5O3. The Hall–Kier alpha value is -4.33. The van der Waals surface area contributed by atoms with Gasteiger partial charge in [-0.2, -0.15) is 0 Å². The van der Waals surface area contributed by atoms with Gasteiger partial charge in [-0.15, -0.1) is 0 Å². The van der Waals surface area contributed by atoms with E-state index in [0.29, 0.717) is 23.7 Å². The third kappa shape index (κ3) is 7.25. The summed E-state index contributed by atoms with van der Waals surface area (Å²) < 4.78 is 7.38. The maximum absolute atomic E-state index is 13.0. The molecule has 2 amide bonds. The number of aromatic nitrogens is 2. The van der Waals surface area contributed by atoms with Crippen LogP contribution >= 0.6 is 0 Å². The molecule has 1 aliphatic rings. The quantitative estimate of drug-likeness (QED) is 0.235. The number of para-hydroxylation sites is 1. The van der Waals surface area contributed by atoms with Gasteiger partial charge in [-0.1, -0.05) is 24.3 Å². The average molecular weight is 554 g/mol. The molecule has 2 N–H and O–H groups in total. The van der Waals surface area contributed by atoms with Gasteiger partial charge in [0.15, 0.2) is 5.76 Å². The van der Waals surface area contributed by atoms with Crippen LogP contribution < -0.4 is 15.5 Å². The topological polar surface area (TPSA) is 92.4 Å². The van der Waals surface area contributed by atoms with Crippen LogP contribution in [-0.4, -0.2) is 41.0 Å². The second-order valence-electron chi connectivity index (χ2n) is 10.9. The molecule has 0 bridgehead atoms. The lowest BCUT2D eigenvalue weighted by molar-refractivity contribution is 0.0950. The average Bonchev–Trinajstić information content (AvgIpc) is 3.60. The lowest BCUT2D eigenvalue weighted by Gasteiger charge is -2.25. The summed E-state index contributed by atoms with van der Waals surface area (Å²) in [4.78, 5) is 32.7. The fourth-order valence-corrected chi connectivity index (χ4v) is 5.64. The van der Waals surface area contributed by atoms with E-state index in [1.54, 1.807) is 24.4 Å². The van der Waals surface area contributed by atoms with Gasteiger partial charge in [0.25, 0.3) is 11.8 Å². The Morgan fingerprint density at radius 2 is 1.90 bits per heavy atom. The Kier molecular flexibility index (Phi) is 9.19. The van der Waals surface area contributed by atoms with Crippen molar-refractivity contribution in [2.75, 3.05) is 29.9 Å². The highest BCUT2D eigenvalue weighted by atomic mass is 16.3. The first kappa shape index (κ1) is 28.2. The molecule has 0 saturated carbocycles. The van der Waals surface area contributed by atoms with Crippen molar-refractivity contribution < 1.29 is 14.0 Å². The monoisotopic (exact) mass is 553 g/mol. The summed E-state index contributed by atoms with van der Waals surface area (Å²) in [6, 6.07) is 17.6. The minimum absolute atomic E-state index is 0.157. The van der Waals surface area contributed by atoms with Crippen LogP contribution in [0, 0.1) is 19.8 Å². The second-order valence-corrected chi connectivity index (χ2v) is 10.9. The highest BCUT2D eigenvalue weighted by Gasteiger charge is 2.21. The molecule has 1 saturated heterocycles. The van der Waals surface area contributed by atoms with Gasteiger partial charge in [0, 0.05) is 55.5 Å². The Balaban J connectivity index is 1.26. The summed E-state index contributed by atoms with van der Waals surface area (Å²) in [5.74, 6) is 1.20. The predicted molar refractivity (Wildman–Crippen MR) is 161 cm³/mol. The molecule has 2 aromatic heterocycles. The molecule has 1 atom stereocenters. The molecule has 8 heteroatoms. The summed E-state index contributed by atoms with van der Waals surface area (Å²) >= 11 is 0. The van der Waals surface area contributed by atoms with Crippen molar-refractivity contribution in [1.29, 1.82) is 0 Å². The molecule has 8 nitrogen and oxygen atoms in total. The second kappa shape index (κ2) is 13.4. The maximum Gasteiger partial charge on any atom is 0.291 e. The highest BCUT2D eigenvalue weighted by molar-refractivity contribution is 6.04. The fourth-order valence-electron chi connectivity index (χ4n) is 5.64. The van der Waals surface area contributed by atoms with Crippen molar-refractivity contribution in [2.24, 2.45) is 5.92 Å². The molecule has 1 fully saturated rings. The zero-order valence-electron chi connectivity index (χ0n) is 23.9. The molecule has 5 rings (SSSR count). The van der Waals surface area contributed by atoms with E-state index < -0.39 is 0 Å². The minimum Gasteiger partial charge on any atom is -0.459 e. The van der Waals surface area contributed by atoms with Gasteiger partial charge < -0.3 is 24.5 Å². The van der Waals surface area contributed by atoms with Gasteiger partial charge in [-0.25, -0.2) is 4.98 Å². The standard InChI is InChI=1S/C33H39N5O3/c1-24-8-3-4-10-30(24)38-17-5-9-26(14-19-38)22-27-12-13-28(23-29(27)36-33(40)31-11-6-21-41-31)32(39)35-15-7-18-37-20-16-34-25(37)2/h3-4,6,8,10-13,16,20-21,23,26H,5,7,9,14-15,17-19,22H2,1-2H3,(H,35,39)(H,36,40). The summed E-state index contributed by atoms with van der Waals surface area (Å²) in [6.45, 7) is 7.52. The molecule has 41 heavy (non-hydrogen) atoms. The fraction of sp³-hybridized carbons (Fsp3) is 0.364. The van der Waals surface area contributed by atoms with Crippen LogP contribution in [0.1, 0.15) is 63.5 Å². The number of carbonyl (C=O) groups is 2. The number of imidazole rings is 1. The van der Waals surface area contributed by atoms with Crippen molar-refractivity contribution in [3.05, 3.63) is 102 Å². The van der Waals surface area contributed by atoms with Gasteiger partial charge in [0.1, 0.15) is 5.82 Å². The largest absolute Gasteiger partial charge is 0.459 e. The van der Waals surface area contributed by atoms with E-state index in [-0.39, 0.29) is 17.6 Å². The van der Waals surface area contributed by atoms with Crippen molar-refractivity contribution in [3.63, 3.8) is 0 Å². The van der Waals surface area contributed by atoms with Crippen LogP contribution in [-0.2, 0) is 13.0 Å². The van der Waals surface area contributed by atoms with Crippen molar-refractivity contribution in [2.45, 2.75) is 52.5 Å². The molecule has 2 aromatic carbocycles. The Bertz CT molecular complexity index is 1460. The molecule has 1 aliphatic heterocycles. The van der Waals surface area contributed by atoms with Crippen molar-refractivity contribution >= 4 is 23.2 Å². The first-order chi connectivity index (χ1) is 20.0. The number of benzene rings is 2. The van der Waals surface area contributed by atoms with Gasteiger partial charge in [-0.3, -0.25) is 9.59 Å². The number of nitrogens with one attached hydrogen (secondary N) is 2. The van der Waals surface area contributed by atoms with Crippen LogP contribution in [0.2, 0.25) is 0 Å². The number of hydrogen-bond donors (Lipinski definition) is 2. The Morgan fingerprint density at radius 3 is 2.68 bits per heavy atom. The summed E-state index contributed by atoms with van der Waals surface area (Å²) in [5.41, 5.74) is 4.84. The molecular weight excluding hydrogens is 514 g/mol. The van der Waals surface area contributed by atoms with Crippen LogP contribution in [0.15, 0.2) is 77.7 Å². The van der Waals surface area contributed by atoms with Gasteiger partial charge in [-0.05, 0) is 93.3 Å². The summed E-state index contributed by atoms with van der Waals surface area (Å²) in [7, 11) is 0. The van der Waals surface area contributed by atoms with E-state index in [1.807, 2.05) is 25.3 Å². The third-order valence-electron chi connectivity index (χ3n) is 7.96. The lowest BCUT2D eigenvalue weighted by atomic mass is 9.91. The molecule has 3 heterocycles. The number of rotatable bonds is 10. The molecule has 0 radical (unpaired) electrons. The molecule has 214 valence electrons. The van der Waals surface area contributed by atoms with E-state index in [9.17, 15) is 9.59 Å². The molecule has 0 aliphatic carbocycles. The number of carbonyl (C=O) groups excluding carboxylic acids is 2. The molecule has 4 aromatic rings. The van der Waals surface area contributed by atoms with Gasteiger partial charge in [0.2, 0.25) is 0 Å². The smallest absolute Gasteiger partial charge is 0.291 e. The normalized spacial score (nSPS) is 15.4. The summed E-state index contributed by atoms with van der Waals surface area (Å²) in [5, 5.41) is 6.03. The maximum atomic E-state index is 13.0. The Labute approximate surface area is 241 Å². The van der Waals surface area contributed by atoms with E-state index >= 15 is 0 Å². The number of amides is 2. The predicted octanol–water partition coefficient (Wildman–Crippen LogP) is 6.01. The molecule has 0 spiro atoms. The first-order valence-corrected chi connectivity index (χ1v) is 14.5. The number of furan rings is 1. The van der Waals surface area contributed by atoms with Gasteiger partial charge >= 0.3 is 0 Å². The number of nitrogens with zero attached hydrogens (tertiary/aromatic N) is 3. The SMILES string of the molecule is Cc1ccccc1N1CCCC(Cc2ccc(C(=O)NCCCn3ccnc3C)cc2NC(=O)c2ccco2)CC1. The lowest BCUT2D eigenvalue weighted by Crippen LogP contribution is -2.26. The zero-order valence-corrected chi connectivity index (χ0v) is 23.9. The van der Waals surface area contributed by atoms with E-state index in [0.717, 1.165) is 63.1 Å². The van der Waals surface area contributed by atoms with Crippen molar-refractivity contribution in [1.82, 2.24) is 14.9 Å². The minimum atomic E-state index is -0.323. The summed E-state index contributed by atoms with van der Waals surface area (Å²) in [6.07, 6.45) is 10.1. The van der Waals surface area contributed by atoms with E-state index in [4.69, 9.17) is 4.42 Å². The van der Waals surface area contributed by atoms with E-state index in [1.165, 1.54) is 17.5 Å².